The Morgan fingerprint density at radius 3 is 2.62 bits per heavy atom. The Bertz CT molecular complexity index is 849. The molecule has 0 bridgehead atoms. The second-order valence-electron chi connectivity index (χ2n) is 8.10. The molecule has 2 aliphatic rings. The van der Waals surface area contributed by atoms with Gasteiger partial charge in [-0.2, -0.15) is 0 Å². The second-order valence-corrected chi connectivity index (χ2v) is 8.48. The molecule has 0 aliphatic carbocycles. The first-order valence-corrected chi connectivity index (χ1v) is 11.0. The van der Waals surface area contributed by atoms with Crippen LogP contribution in [0.3, 0.4) is 0 Å². The maximum absolute atomic E-state index is 10.3. The number of aliphatic hydroxyl groups excluding tert-OH is 2. The number of halogens is 1. The van der Waals surface area contributed by atoms with Gasteiger partial charge in [0.1, 0.15) is 5.75 Å². The fraction of sp³-hybridized carbons (Fsp3) is 0.500. The Kier molecular flexibility index (Phi) is 6.45. The van der Waals surface area contributed by atoms with Crippen molar-refractivity contribution in [1.29, 1.82) is 0 Å². The van der Waals surface area contributed by atoms with E-state index in [-0.39, 0.29) is 18.8 Å². The van der Waals surface area contributed by atoms with Crippen molar-refractivity contribution in [3.05, 3.63) is 63.2 Å². The molecule has 29 heavy (non-hydrogen) atoms. The summed E-state index contributed by atoms with van der Waals surface area (Å²) in [6.45, 7) is 2.72. The minimum Gasteiger partial charge on any atom is -0.492 e. The molecule has 2 aliphatic heterocycles. The Labute approximate surface area is 177 Å². The molecule has 0 amide bonds. The quantitative estimate of drug-likeness (QED) is 0.758. The fourth-order valence-corrected chi connectivity index (χ4v) is 4.71. The van der Waals surface area contributed by atoms with Gasteiger partial charge >= 0.3 is 0 Å². The minimum absolute atomic E-state index is 0.0868. The zero-order chi connectivity index (χ0) is 20.4. The van der Waals surface area contributed by atoms with Crippen molar-refractivity contribution >= 4 is 11.6 Å². The third kappa shape index (κ3) is 4.46. The molecule has 1 saturated heterocycles. The Balaban J connectivity index is 1.71. The average Bonchev–Trinajstić information content (AvgIpc) is 2.75. The van der Waals surface area contributed by atoms with Gasteiger partial charge in [-0.15, -0.1) is 0 Å². The predicted octanol–water partition coefficient (Wildman–Crippen LogP) is 4.39. The lowest BCUT2D eigenvalue weighted by molar-refractivity contribution is -0.114. The van der Waals surface area contributed by atoms with E-state index in [1.807, 2.05) is 0 Å². The number of hydrogen-bond donors (Lipinski definition) is 2. The van der Waals surface area contributed by atoms with Crippen LogP contribution in [0.25, 0.3) is 0 Å². The van der Waals surface area contributed by atoms with E-state index in [1.165, 1.54) is 11.1 Å². The molecular weight excluding hydrogens is 388 g/mol. The number of ether oxygens (including phenoxy) is 2. The number of rotatable bonds is 5. The van der Waals surface area contributed by atoms with Gasteiger partial charge in [-0.05, 0) is 47.9 Å². The van der Waals surface area contributed by atoms with Gasteiger partial charge in [0.25, 0.3) is 0 Å². The molecule has 0 radical (unpaired) electrons. The third-order valence-electron chi connectivity index (χ3n) is 6.01. The molecule has 4 nitrogen and oxygen atoms in total. The highest BCUT2D eigenvalue weighted by atomic mass is 35.5. The van der Waals surface area contributed by atoms with E-state index in [9.17, 15) is 10.2 Å². The average molecular weight is 417 g/mol. The molecule has 0 spiro atoms. The first kappa shape index (κ1) is 20.7. The molecule has 0 saturated carbocycles. The SMILES string of the molecule is CCc1ccc(Cc2cc(C3CC(O)CC(CO)O3)c3c(c2Cl)OCCC3)cc1. The van der Waals surface area contributed by atoms with Crippen LogP contribution in [-0.2, 0) is 24.0 Å². The standard InChI is InChI=1S/C24H29ClO4/c1-2-15-5-7-16(8-6-15)10-17-11-21(20-4-3-9-28-24(20)23(17)25)22-13-18(27)12-19(14-26)29-22/h5-8,11,18-19,22,26-27H,2-4,9-10,12-14H2,1H3. The van der Waals surface area contributed by atoms with E-state index in [2.05, 4.69) is 37.3 Å². The minimum atomic E-state index is -0.480. The van der Waals surface area contributed by atoms with Crippen LogP contribution in [0.5, 0.6) is 5.75 Å². The van der Waals surface area contributed by atoms with E-state index in [4.69, 9.17) is 21.1 Å². The first-order valence-electron chi connectivity index (χ1n) is 10.6. The monoisotopic (exact) mass is 416 g/mol. The van der Waals surface area contributed by atoms with Crippen molar-refractivity contribution in [3.63, 3.8) is 0 Å². The summed E-state index contributed by atoms with van der Waals surface area (Å²) in [6.07, 6.45) is 3.46. The zero-order valence-electron chi connectivity index (χ0n) is 16.9. The molecule has 3 atom stereocenters. The second kappa shape index (κ2) is 9.05. The molecule has 2 heterocycles. The number of benzene rings is 2. The summed E-state index contributed by atoms with van der Waals surface area (Å²) in [5.74, 6) is 0.764. The van der Waals surface area contributed by atoms with Gasteiger partial charge in [0.05, 0.1) is 36.5 Å². The lowest BCUT2D eigenvalue weighted by atomic mass is 9.88. The lowest BCUT2D eigenvalue weighted by Gasteiger charge is -2.35. The topological polar surface area (TPSA) is 58.9 Å². The highest BCUT2D eigenvalue weighted by Gasteiger charge is 2.33. The number of fused-ring (bicyclic) bond motifs is 1. The normalized spacial score (nSPS) is 24.1. The zero-order valence-corrected chi connectivity index (χ0v) is 17.6. The maximum atomic E-state index is 10.3. The van der Waals surface area contributed by atoms with Crippen LogP contribution in [0, 0.1) is 0 Å². The summed E-state index contributed by atoms with van der Waals surface area (Å²) in [7, 11) is 0. The Morgan fingerprint density at radius 2 is 1.90 bits per heavy atom. The summed E-state index contributed by atoms with van der Waals surface area (Å²) in [4.78, 5) is 0. The van der Waals surface area contributed by atoms with Crippen LogP contribution in [0.15, 0.2) is 30.3 Å². The summed E-state index contributed by atoms with van der Waals surface area (Å²) in [5, 5.41) is 20.6. The van der Waals surface area contributed by atoms with Gasteiger partial charge in [0.15, 0.2) is 0 Å². The molecular formula is C24H29ClO4. The number of aliphatic hydroxyl groups is 2. The summed E-state index contributed by atoms with van der Waals surface area (Å²) in [6, 6.07) is 10.7. The molecule has 2 aromatic rings. The molecule has 0 aromatic heterocycles. The van der Waals surface area contributed by atoms with Crippen LogP contribution in [0.4, 0.5) is 0 Å². The third-order valence-corrected chi connectivity index (χ3v) is 6.42. The van der Waals surface area contributed by atoms with Crippen LogP contribution in [-0.4, -0.2) is 35.6 Å². The van der Waals surface area contributed by atoms with Gasteiger partial charge in [0, 0.05) is 18.4 Å². The highest BCUT2D eigenvalue weighted by Crippen LogP contribution is 2.44. The predicted molar refractivity (Wildman–Crippen MR) is 114 cm³/mol. The van der Waals surface area contributed by atoms with Crippen LogP contribution in [0.2, 0.25) is 5.02 Å². The van der Waals surface area contributed by atoms with E-state index < -0.39 is 6.10 Å². The first-order chi connectivity index (χ1) is 14.1. The van der Waals surface area contributed by atoms with Crippen molar-refractivity contribution in [1.82, 2.24) is 0 Å². The van der Waals surface area contributed by atoms with E-state index in [0.717, 1.165) is 41.7 Å². The van der Waals surface area contributed by atoms with Crippen molar-refractivity contribution in [2.75, 3.05) is 13.2 Å². The molecule has 156 valence electrons. The van der Waals surface area contributed by atoms with Crippen LogP contribution in [0.1, 0.15) is 60.1 Å². The molecule has 1 fully saturated rings. The van der Waals surface area contributed by atoms with Crippen molar-refractivity contribution < 1.29 is 19.7 Å². The van der Waals surface area contributed by atoms with Gasteiger partial charge in [-0.25, -0.2) is 0 Å². The molecule has 5 heteroatoms. The maximum Gasteiger partial charge on any atom is 0.141 e. The number of aryl methyl sites for hydroxylation is 1. The molecule has 2 N–H and O–H groups in total. The van der Waals surface area contributed by atoms with Gasteiger partial charge in [-0.1, -0.05) is 48.9 Å². The molecule has 4 rings (SSSR count). The highest BCUT2D eigenvalue weighted by molar-refractivity contribution is 6.33. The summed E-state index contributed by atoms with van der Waals surface area (Å²) >= 11 is 6.78. The van der Waals surface area contributed by atoms with E-state index in [0.29, 0.717) is 30.9 Å². The lowest BCUT2D eigenvalue weighted by Crippen LogP contribution is -2.34. The fourth-order valence-electron chi connectivity index (χ4n) is 4.42. The smallest absolute Gasteiger partial charge is 0.141 e. The van der Waals surface area contributed by atoms with Crippen molar-refractivity contribution in [3.8, 4) is 5.75 Å². The summed E-state index contributed by atoms with van der Waals surface area (Å²) < 4.78 is 12.1. The van der Waals surface area contributed by atoms with Gasteiger partial charge < -0.3 is 19.7 Å². The van der Waals surface area contributed by atoms with E-state index in [1.54, 1.807) is 0 Å². The van der Waals surface area contributed by atoms with Crippen molar-refractivity contribution in [2.24, 2.45) is 0 Å². The van der Waals surface area contributed by atoms with Crippen LogP contribution >= 0.6 is 11.6 Å². The molecule has 3 unspecified atom stereocenters. The Morgan fingerprint density at radius 1 is 1.14 bits per heavy atom. The number of hydrogen-bond acceptors (Lipinski definition) is 4. The molecule has 2 aromatic carbocycles. The Hall–Kier alpha value is -1.59. The van der Waals surface area contributed by atoms with Crippen molar-refractivity contribution in [2.45, 2.75) is 63.8 Å². The largest absolute Gasteiger partial charge is 0.492 e. The van der Waals surface area contributed by atoms with Gasteiger partial charge in [-0.3, -0.25) is 0 Å². The van der Waals surface area contributed by atoms with E-state index >= 15 is 0 Å². The van der Waals surface area contributed by atoms with Gasteiger partial charge in [0.2, 0.25) is 0 Å². The summed E-state index contributed by atoms with van der Waals surface area (Å²) in [5.41, 5.74) is 5.65. The van der Waals surface area contributed by atoms with Crippen LogP contribution < -0.4 is 4.74 Å².